The Kier molecular flexibility index (Phi) is 5.87. The number of thioether (sulfide) groups is 1. The standard InChI is InChI=1S/C28H36O7S/c1-4-5-22-34-20-13-16-17-7-10-28(35-22,25(32)36-21-8-11-33-24(21)31)27(17,3)14-19(30)23(16)26(2)9-6-15(29)12-18(20)26/h6,9,12,16-17,19-23,30H,4-5,7-8,10-11,13-14H2,1-3H3/t16?,17?,19-,20+,21?,22?,23+,26-,27-,28-/m0/s1. The molecule has 5 fully saturated rings. The summed E-state index contributed by atoms with van der Waals surface area (Å²) < 4.78 is 18.6. The highest BCUT2D eigenvalue weighted by Gasteiger charge is 2.71. The second-order valence-electron chi connectivity index (χ2n) is 12.0. The van der Waals surface area contributed by atoms with E-state index in [0.29, 0.717) is 38.7 Å². The predicted octanol–water partition coefficient (Wildman–Crippen LogP) is 3.73. The molecule has 3 saturated carbocycles. The molecule has 7 nitrogen and oxygen atoms in total. The first-order valence-corrected chi connectivity index (χ1v) is 14.4. The number of rotatable bonds is 4. The summed E-state index contributed by atoms with van der Waals surface area (Å²) >= 11 is 1.05. The normalized spacial score (nSPS) is 49.1. The van der Waals surface area contributed by atoms with E-state index >= 15 is 0 Å². The lowest BCUT2D eigenvalue weighted by molar-refractivity contribution is -0.242. The number of fused-ring (bicyclic) bond motifs is 4. The molecule has 36 heavy (non-hydrogen) atoms. The van der Waals surface area contributed by atoms with E-state index < -0.39 is 34.1 Å². The molecular weight excluding hydrogens is 480 g/mol. The first-order chi connectivity index (χ1) is 17.1. The van der Waals surface area contributed by atoms with Crippen LogP contribution in [-0.4, -0.2) is 57.9 Å². The van der Waals surface area contributed by atoms with E-state index in [1.807, 2.05) is 6.08 Å². The van der Waals surface area contributed by atoms with Crippen molar-refractivity contribution < 1.29 is 33.7 Å². The van der Waals surface area contributed by atoms with E-state index in [1.165, 1.54) is 0 Å². The zero-order valence-electron chi connectivity index (χ0n) is 21.2. The second-order valence-corrected chi connectivity index (χ2v) is 13.2. The maximum atomic E-state index is 14.2. The van der Waals surface area contributed by atoms with Crippen LogP contribution in [0.25, 0.3) is 0 Å². The number of aliphatic hydroxyl groups excluding tert-OH is 1. The van der Waals surface area contributed by atoms with Gasteiger partial charge >= 0.3 is 5.97 Å². The highest BCUT2D eigenvalue weighted by molar-refractivity contribution is 8.14. The first-order valence-electron chi connectivity index (χ1n) is 13.5. The third-order valence-corrected chi connectivity index (χ3v) is 11.5. The van der Waals surface area contributed by atoms with Crippen molar-refractivity contribution in [1.82, 2.24) is 0 Å². The molecule has 1 N–H and O–H groups in total. The molecular formula is C28H36O7S. The van der Waals surface area contributed by atoms with E-state index in [9.17, 15) is 19.5 Å². The largest absolute Gasteiger partial charge is 0.465 e. The second kappa shape index (κ2) is 8.52. The van der Waals surface area contributed by atoms with Gasteiger partial charge in [0.1, 0.15) is 10.9 Å². The molecule has 2 aliphatic heterocycles. The van der Waals surface area contributed by atoms with Crippen LogP contribution in [0.4, 0.5) is 0 Å². The van der Waals surface area contributed by atoms with Gasteiger partial charge in [-0.25, -0.2) is 0 Å². The fraction of sp³-hybridized carbons (Fsp3) is 0.750. The van der Waals surface area contributed by atoms with Crippen LogP contribution in [0.2, 0.25) is 0 Å². The van der Waals surface area contributed by atoms with Gasteiger partial charge in [-0.15, -0.1) is 0 Å². The van der Waals surface area contributed by atoms with Crippen molar-refractivity contribution in [3.05, 3.63) is 23.8 Å². The number of cyclic esters (lactones) is 1. The maximum Gasteiger partial charge on any atom is 0.319 e. The SMILES string of the molecule is CCCC1O[C@@H]2CC3C4CC[C@@](C(=O)SC5CCOC5=O)(O1)[C@@]4(C)C[C@H](O)[C@@H]3[C@@]1(C)C=CC(=O)C=C21. The Morgan fingerprint density at radius 3 is 2.78 bits per heavy atom. The number of hydrogen-bond donors (Lipinski definition) is 1. The predicted molar refractivity (Wildman–Crippen MR) is 133 cm³/mol. The lowest BCUT2D eigenvalue weighted by Crippen LogP contribution is -2.62. The van der Waals surface area contributed by atoms with Gasteiger partial charge in [0.25, 0.3) is 0 Å². The van der Waals surface area contributed by atoms with E-state index in [4.69, 9.17) is 14.2 Å². The maximum absolute atomic E-state index is 14.2. The molecule has 0 spiro atoms. The van der Waals surface area contributed by atoms with Crippen molar-refractivity contribution >= 4 is 28.6 Å². The van der Waals surface area contributed by atoms with Gasteiger partial charge in [0.15, 0.2) is 12.1 Å². The summed E-state index contributed by atoms with van der Waals surface area (Å²) in [7, 11) is 0. The minimum atomic E-state index is -1.15. The molecule has 5 bridgehead atoms. The van der Waals surface area contributed by atoms with Crippen LogP contribution in [0.15, 0.2) is 23.8 Å². The summed E-state index contributed by atoms with van der Waals surface area (Å²) in [6, 6.07) is 0. The molecule has 0 amide bonds. The Bertz CT molecular complexity index is 1050. The number of esters is 1. The van der Waals surface area contributed by atoms with E-state index in [0.717, 1.165) is 30.2 Å². The van der Waals surface area contributed by atoms with E-state index in [1.54, 1.807) is 12.2 Å². The van der Waals surface area contributed by atoms with Crippen LogP contribution in [0, 0.1) is 28.6 Å². The number of ketones is 1. The van der Waals surface area contributed by atoms with Crippen LogP contribution in [0.1, 0.15) is 65.7 Å². The summed E-state index contributed by atoms with van der Waals surface area (Å²) in [5.41, 5.74) is -1.30. The Morgan fingerprint density at radius 2 is 2.06 bits per heavy atom. The van der Waals surface area contributed by atoms with Gasteiger partial charge in [-0.2, -0.15) is 0 Å². The minimum absolute atomic E-state index is 0.0551. The van der Waals surface area contributed by atoms with Crippen LogP contribution >= 0.6 is 11.8 Å². The zero-order valence-corrected chi connectivity index (χ0v) is 22.1. The third kappa shape index (κ3) is 3.33. The molecule has 8 heteroatoms. The van der Waals surface area contributed by atoms with Crippen molar-refractivity contribution in [3.8, 4) is 0 Å². The molecule has 6 aliphatic rings. The number of hydrogen-bond acceptors (Lipinski definition) is 8. The Balaban J connectivity index is 1.47. The number of carbonyl (C=O) groups is 3. The Hall–Kier alpha value is -1.48. The quantitative estimate of drug-likeness (QED) is 0.565. The summed E-state index contributed by atoms with van der Waals surface area (Å²) in [5, 5.41) is 11.1. The first kappa shape index (κ1) is 24.8. The molecule has 4 aliphatic carbocycles. The van der Waals surface area contributed by atoms with Gasteiger partial charge < -0.3 is 19.3 Å². The molecule has 4 unspecified atom stereocenters. The fourth-order valence-electron chi connectivity index (χ4n) is 8.66. The highest BCUT2D eigenvalue weighted by atomic mass is 32.2. The number of ether oxygens (including phenoxy) is 3. The molecule has 0 aromatic rings. The molecule has 2 saturated heterocycles. The lowest BCUT2D eigenvalue weighted by Gasteiger charge is -2.60. The van der Waals surface area contributed by atoms with Crippen molar-refractivity contribution in [2.24, 2.45) is 28.6 Å². The molecule has 2 heterocycles. The van der Waals surface area contributed by atoms with Gasteiger partial charge in [0.05, 0.1) is 18.8 Å². The van der Waals surface area contributed by atoms with Gasteiger partial charge in [-0.05, 0) is 61.7 Å². The number of carbonyl (C=O) groups excluding carboxylic acids is 3. The molecule has 0 aromatic heterocycles. The van der Waals surface area contributed by atoms with Gasteiger partial charge in [-0.3, -0.25) is 14.4 Å². The van der Waals surface area contributed by atoms with E-state index in [2.05, 4.69) is 20.8 Å². The topological polar surface area (TPSA) is 99.1 Å². The number of aliphatic hydroxyl groups is 1. The third-order valence-electron chi connectivity index (χ3n) is 10.3. The summed E-state index contributed by atoms with van der Waals surface area (Å²) in [6.07, 6.45) is 8.21. The van der Waals surface area contributed by atoms with Crippen LogP contribution in [-0.2, 0) is 28.6 Å². The van der Waals surface area contributed by atoms with Gasteiger partial charge in [0, 0.05) is 23.2 Å². The van der Waals surface area contributed by atoms with Crippen molar-refractivity contribution in [3.63, 3.8) is 0 Å². The summed E-state index contributed by atoms with van der Waals surface area (Å²) in [6.45, 7) is 6.64. The van der Waals surface area contributed by atoms with Crippen LogP contribution < -0.4 is 0 Å². The molecule has 6 rings (SSSR count). The molecule has 10 atom stereocenters. The van der Waals surface area contributed by atoms with Crippen molar-refractivity contribution in [2.45, 2.75) is 95.1 Å². The van der Waals surface area contributed by atoms with E-state index in [-0.39, 0.29) is 40.7 Å². The highest BCUT2D eigenvalue weighted by Crippen LogP contribution is 2.69. The Morgan fingerprint density at radius 1 is 1.25 bits per heavy atom. The fourth-order valence-corrected chi connectivity index (χ4v) is 9.87. The molecule has 196 valence electrons. The van der Waals surface area contributed by atoms with Crippen LogP contribution in [0.5, 0.6) is 0 Å². The minimum Gasteiger partial charge on any atom is -0.465 e. The molecule has 0 aromatic carbocycles. The zero-order chi connectivity index (χ0) is 25.5. The monoisotopic (exact) mass is 516 g/mol. The van der Waals surface area contributed by atoms with Gasteiger partial charge in [-0.1, -0.05) is 45.0 Å². The van der Waals surface area contributed by atoms with Crippen LogP contribution in [0.3, 0.4) is 0 Å². The van der Waals surface area contributed by atoms with Gasteiger partial charge in [0.2, 0.25) is 5.12 Å². The average Bonchev–Trinajstić information content (AvgIpc) is 3.35. The van der Waals surface area contributed by atoms with Crippen molar-refractivity contribution in [2.75, 3.05) is 6.61 Å². The Labute approximate surface area is 216 Å². The summed E-state index contributed by atoms with van der Waals surface area (Å²) in [5.74, 6) is -0.155. The number of allylic oxidation sites excluding steroid dienone is 3. The average molecular weight is 517 g/mol. The van der Waals surface area contributed by atoms with Crippen molar-refractivity contribution in [1.29, 1.82) is 0 Å². The smallest absolute Gasteiger partial charge is 0.319 e. The lowest BCUT2D eigenvalue weighted by atomic mass is 9.46. The summed E-state index contributed by atoms with van der Waals surface area (Å²) in [4.78, 5) is 38.9. The molecule has 0 radical (unpaired) electrons.